The molecule has 0 spiro atoms. The van der Waals surface area contributed by atoms with Gasteiger partial charge in [-0.15, -0.1) is 0 Å². The van der Waals surface area contributed by atoms with E-state index in [1.165, 1.54) is 44.6 Å². The van der Waals surface area contributed by atoms with Crippen LogP contribution in [0.25, 0.3) is 22.3 Å². The molecule has 12 nitrogen and oxygen atoms in total. The molecule has 0 saturated carbocycles. The Morgan fingerprint density at radius 3 is 2.31 bits per heavy atom. The van der Waals surface area contributed by atoms with E-state index >= 15 is 0 Å². The molecule has 5 atom stereocenters. The van der Waals surface area contributed by atoms with Crippen molar-refractivity contribution in [1.82, 2.24) is 0 Å². The summed E-state index contributed by atoms with van der Waals surface area (Å²) < 4.78 is 27.5. The van der Waals surface area contributed by atoms with E-state index in [-0.39, 0.29) is 45.3 Å². The molecule has 6 N–H and O–H groups in total. The van der Waals surface area contributed by atoms with Gasteiger partial charge in [0.2, 0.25) is 17.5 Å². The van der Waals surface area contributed by atoms with Crippen LogP contribution in [0.4, 0.5) is 0 Å². The lowest BCUT2D eigenvalue weighted by molar-refractivity contribution is -0.277. The molecule has 0 radical (unpaired) electrons. The Balaban J connectivity index is 1.87. The summed E-state index contributed by atoms with van der Waals surface area (Å²) in [6.07, 6.45) is -7.80. The number of phenols is 2. The second kappa shape index (κ2) is 9.60. The van der Waals surface area contributed by atoms with Crippen molar-refractivity contribution in [2.24, 2.45) is 0 Å². The van der Waals surface area contributed by atoms with Crippen molar-refractivity contribution in [1.29, 1.82) is 0 Å². The Bertz CT molecular complexity index is 1280. The zero-order chi connectivity index (χ0) is 25.4. The summed E-state index contributed by atoms with van der Waals surface area (Å²) in [7, 11) is 2.60. The molecule has 3 aromatic rings. The SMILES string of the molecule is COc1cc(O[C@@H]2O[C@H](CO)[C@@H](O)[C@H](O)[C@H]2O)c2c(=O)c(OC)c(-c3ccc(O)c(O)c3)oc2c1. The normalized spacial score (nSPS) is 24.3. The number of phenolic OH excluding ortho intramolecular Hbond substituents is 2. The zero-order valence-corrected chi connectivity index (χ0v) is 18.6. The fourth-order valence-corrected chi connectivity index (χ4v) is 3.78. The fraction of sp³-hybridized carbons (Fsp3) is 0.348. The van der Waals surface area contributed by atoms with E-state index in [1.807, 2.05) is 0 Å². The van der Waals surface area contributed by atoms with Crippen molar-refractivity contribution in [3.05, 3.63) is 40.6 Å². The van der Waals surface area contributed by atoms with Gasteiger partial charge in [0.05, 0.1) is 20.8 Å². The van der Waals surface area contributed by atoms with Gasteiger partial charge in [-0.1, -0.05) is 0 Å². The van der Waals surface area contributed by atoms with Crippen molar-refractivity contribution >= 4 is 11.0 Å². The molecule has 0 bridgehead atoms. The lowest BCUT2D eigenvalue weighted by Gasteiger charge is -2.39. The maximum atomic E-state index is 13.4. The molecule has 2 heterocycles. The van der Waals surface area contributed by atoms with Gasteiger partial charge in [0.25, 0.3) is 0 Å². The molecule has 1 saturated heterocycles. The first kappa shape index (κ1) is 24.6. The van der Waals surface area contributed by atoms with Crippen LogP contribution in [0.3, 0.4) is 0 Å². The van der Waals surface area contributed by atoms with Crippen molar-refractivity contribution in [3.63, 3.8) is 0 Å². The number of hydrogen-bond acceptors (Lipinski definition) is 12. The molecular weight excluding hydrogens is 468 g/mol. The number of aliphatic hydroxyl groups is 4. The third-order valence-electron chi connectivity index (χ3n) is 5.66. The molecule has 12 heteroatoms. The largest absolute Gasteiger partial charge is 0.504 e. The minimum Gasteiger partial charge on any atom is -0.504 e. The summed E-state index contributed by atoms with van der Waals surface area (Å²) in [5.74, 6) is -1.06. The van der Waals surface area contributed by atoms with Crippen LogP contribution in [0.5, 0.6) is 28.7 Å². The molecule has 1 aliphatic rings. The van der Waals surface area contributed by atoms with Crippen LogP contribution in [0.2, 0.25) is 0 Å². The van der Waals surface area contributed by atoms with Gasteiger partial charge in [-0.25, -0.2) is 0 Å². The Morgan fingerprint density at radius 2 is 1.69 bits per heavy atom. The van der Waals surface area contributed by atoms with Crippen molar-refractivity contribution in [2.45, 2.75) is 30.7 Å². The van der Waals surface area contributed by atoms with Crippen LogP contribution in [-0.4, -0.2) is 82.2 Å². The Labute approximate surface area is 197 Å². The molecule has 188 valence electrons. The maximum absolute atomic E-state index is 13.4. The van der Waals surface area contributed by atoms with E-state index < -0.39 is 48.5 Å². The third kappa shape index (κ3) is 4.33. The quantitative estimate of drug-likeness (QED) is 0.254. The summed E-state index contributed by atoms with van der Waals surface area (Å²) in [5, 5.41) is 59.2. The highest BCUT2D eigenvalue weighted by Crippen LogP contribution is 2.39. The lowest BCUT2D eigenvalue weighted by atomic mass is 9.99. The highest BCUT2D eigenvalue weighted by Gasteiger charge is 2.45. The number of hydrogen-bond donors (Lipinski definition) is 6. The average molecular weight is 492 g/mol. The van der Waals surface area contributed by atoms with Crippen LogP contribution >= 0.6 is 0 Å². The van der Waals surface area contributed by atoms with Gasteiger partial charge in [0.15, 0.2) is 17.3 Å². The van der Waals surface area contributed by atoms with Gasteiger partial charge < -0.3 is 54.0 Å². The average Bonchev–Trinajstić information content (AvgIpc) is 2.85. The number of fused-ring (bicyclic) bond motifs is 1. The first-order valence-electron chi connectivity index (χ1n) is 10.4. The van der Waals surface area contributed by atoms with Crippen LogP contribution < -0.4 is 19.6 Å². The zero-order valence-electron chi connectivity index (χ0n) is 18.6. The Morgan fingerprint density at radius 1 is 0.943 bits per heavy atom. The van der Waals surface area contributed by atoms with Crippen LogP contribution in [0, 0.1) is 0 Å². The molecule has 0 unspecified atom stereocenters. The van der Waals surface area contributed by atoms with Crippen LogP contribution in [-0.2, 0) is 4.74 Å². The van der Waals surface area contributed by atoms with Gasteiger partial charge >= 0.3 is 0 Å². The smallest absolute Gasteiger partial charge is 0.239 e. The van der Waals surface area contributed by atoms with Gasteiger partial charge in [-0.3, -0.25) is 4.79 Å². The minimum atomic E-state index is -1.72. The molecular formula is C23H24O12. The van der Waals surface area contributed by atoms with E-state index in [0.29, 0.717) is 0 Å². The Hall–Kier alpha value is -3.55. The molecule has 0 aliphatic carbocycles. The summed E-state index contributed by atoms with van der Waals surface area (Å²) in [6.45, 7) is -0.664. The standard InChI is InChI=1S/C23H24O12/c1-31-10-6-13-16(14(7-10)34-23-20(30)19(29)17(27)15(8-24)35-23)18(28)22(32-2)21(33-13)9-3-4-11(25)12(26)5-9/h3-7,15,17,19-20,23-27,29-30H,8H2,1-2H3/t15-,17-,19+,20-,23-/m1/s1. The summed E-state index contributed by atoms with van der Waals surface area (Å²) in [4.78, 5) is 13.4. The highest BCUT2D eigenvalue weighted by molar-refractivity contribution is 5.88. The van der Waals surface area contributed by atoms with E-state index in [0.717, 1.165) is 0 Å². The third-order valence-corrected chi connectivity index (χ3v) is 5.66. The Kier molecular flexibility index (Phi) is 6.74. The lowest BCUT2D eigenvalue weighted by Crippen LogP contribution is -2.60. The van der Waals surface area contributed by atoms with Gasteiger partial charge in [-0.2, -0.15) is 0 Å². The minimum absolute atomic E-state index is 0.0164. The molecule has 1 aromatic heterocycles. The monoisotopic (exact) mass is 492 g/mol. The van der Waals surface area contributed by atoms with Crippen molar-refractivity contribution in [2.75, 3.05) is 20.8 Å². The predicted molar refractivity (Wildman–Crippen MR) is 119 cm³/mol. The first-order chi connectivity index (χ1) is 16.7. The van der Waals surface area contributed by atoms with E-state index in [4.69, 9.17) is 23.4 Å². The first-order valence-corrected chi connectivity index (χ1v) is 10.4. The second-order valence-electron chi connectivity index (χ2n) is 7.81. The summed E-state index contributed by atoms with van der Waals surface area (Å²) >= 11 is 0. The second-order valence-corrected chi connectivity index (χ2v) is 7.81. The van der Waals surface area contributed by atoms with E-state index in [2.05, 4.69) is 0 Å². The van der Waals surface area contributed by atoms with E-state index in [9.17, 15) is 35.4 Å². The highest BCUT2D eigenvalue weighted by atomic mass is 16.7. The summed E-state index contributed by atoms with van der Waals surface area (Å²) in [6, 6.07) is 6.54. The molecule has 1 fully saturated rings. The number of aliphatic hydroxyl groups excluding tert-OH is 4. The maximum Gasteiger partial charge on any atom is 0.239 e. The van der Waals surface area contributed by atoms with Crippen LogP contribution in [0.1, 0.15) is 0 Å². The fourth-order valence-electron chi connectivity index (χ4n) is 3.78. The number of benzene rings is 2. The number of methoxy groups -OCH3 is 2. The molecule has 4 rings (SSSR count). The van der Waals surface area contributed by atoms with Gasteiger partial charge in [0.1, 0.15) is 46.9 Å². The van der Waals surface area contributed by atoms with Gasteiger partial charge in [-0.05, 0) is 18.2 Å². The number of aromatic hydroxyl groups is 2. The van der Waals surface area contributed by atoms with Crippen LogP contribution in [0.15, 0.2) is 39.5 Å². The molecule has 0 amide bonds. The number of rotatable bonds is 6. The number of ether oxygens (including phenoxy) is 4. The predicted octanol–water partition coefficient (Wildman–Crippen LogP) is 0.0671. The van der Waals surface area contributed by atoms with Crippen molar-refractivity contribution in [3.8, 4) is 40.1 Å². The molecule has 2 aromatic carbocycles. The summed E-state index contributed by atoms with van der Waals surface area (Å²) in [5.41, 5.74) is -0.466. The topological polar surface area (TPSA) is 189 Å². The molecule has 1 aliphatic heterocycles. The van der Waals surface area contributed by atoms with Crippen molar-refractivity contribution < 1.29 is 54.0 Å². The molecule has 35 heavy (non-hydrogen) atoms. The van der Waals surface area contributed by atoms with Gasteiger partial charge in [0, 0.05) is 17.7 Å². The van der Waals surface area contributed by atoms with E-state index in [1.54, 1.807) is 0 Å².